The van der Waals surface area contributed by atoms with Gasteiger partial charge in [-0.25, -0.2) is 9.78 Å². The molecule has 5 nitrogen and oxygen atoms in total. The number of carbonyl (C=O) groups excluding carboxylic acids is 1. The molecule has 0 radical (unpaired) electrons. The summed E-state index contributed by atoms with van der Waals surface area (Å²) in [5.74, 6) is -0.241. The molecule has 1 unspecified atom stereocenters. The molecule has 0 spiro atoms. The maximum absolute atomic E-state index is 12.0. The fourth-order valence-electron chi connectivity index (χ4n) is 2.69. The minimum absolute atomic E-state index is 0.241. The summed E-state index contributed by atoms with van der Waals surface area (Å²) in [6.07, 6.45) is 8.24. The normalized spacial score (nSPS) is 17.9. The standard InChI is InChI=1S/C14H23N3O2/c1-10(2)17-9-15-8-12(17)13(14(18)19-3)16-11-6-4-5-7-11/h8-11,13,16H,4-7H2,1-3H3. The van der Waals surface area contributed by atoms with Gasteiger partial charge in [-0.3, -0.25) is 5.32 Å². The van der Waals surface area contributed by atoms with Crippen molar-refractivity contribution < 1.29 is 9.53 Å². The fraction of sp³-hybridized carbons (Fsp3) is 0.714. The number of hydrogen-bond donors (Lipinski definition) is 1. The van der Waals surface area contributed by atoms with Gasteiger partial charge in [0.05, 0.1) is 25.3 Å². The Kier molecular flexibility index (Phi) is 4.58. The fourth-order valence-corrected chi connectivity index (χ4v) is 2.69. The predicted octanol–water partition coefficient (Wildman–Crippen LogP) is 2.21. The molecule has 1 aromatic heterocycles. The predicted molar refractivity (Wildman–Crippen MR) is 72.8 cm³/mol. The van der Waals surface area contributed by atoms with E-state index in [-0.39, 0.29) is 12.0 Å². The van der Waals surface area contributed by atoms with Crippen molar-refractivity contribution in [1.82, 2.24) is 14.9 Å². The van der Waals surface area contributed by atoms with Gasteiger partial charge in [0.1, 0.15) is 6.04 Å². The van der Waals surface area contributed by atoms with Gasteiger partial charge in [-0.2, -0.15) is 0 Å². The summed E-state index contributed by atoms with van der Waals surface area (Å²) in [4.78, 5) is 16.2. The molecule has 106 valence electrons. The molecule has 0 amide bonds. The van der Waals surface area contributed by atoms with Gasteiger partial charge < -0.3 is 9.30 Å². The summed E-state index contributed by atoms with van der Waals surface area (Å²) in [5.41, 5.74) is 0.883. The number of nitrogens with one attached hydrogen (secondary N) is 1. The van der Waals surface area contributed by atoms with Crippen LogP contribution in [0.5, 0.6) is 0 Å². The summed E-state index contributed by atoms with van der Waals surface area (Å²) in [7, 11) is 1.43. The van der Waals surface area contributed by atoms with Crippen molar-refractivity contribution in [3.63, 3.8) is 0 Å². The molecule has 1 fully saturated rings. The zero-order valence-electron chi connectivity index (χ0n) is 11.9. The third-order valence-electron chi connectivity index (χ3n) is 3.74. The molecule has 0 saturated heterocycles. The van der Waals surface area contributed by atoms with E-state index < -0.39 is 6.04 Å². The third-order valence-corrected chi connectivity index (χ3v) is 3.74. The summed E-state index contributed by atoms with van der Waals surface area (Å²) < 4.78 is 6.96. The first-order chi connectivity index (χ1) is 9.13. The van der Waals surface area contributed by atoms with Gasteiger partial charge >= 0.3 is 5.97 Å². The van der Waals surface area contributed by atoms with Gasteiger partial charge in [-0.15, -0.1) is 0 Å². The van der Waals surface area contributed by atoms with Crippen LogP contribution in [0.25, 0.3) is 0 Å². The van der Waals surface area contributed by atoms with Crippen molar-refractivity contribution in [2.45, 2.75) is 57.7 Å². The van der Waals surface area contributed by atoms with E-state index in [1.165, 1.54) is 20.0 Å². The van der Waals surface area contributed by atoms with E-state index in [0.29, 0.717) is 6.04 Å². The number of nitrogens with zero attached hydrogens (tertiary/aromatic N) is 2. The lowest BCUT2D eigenvalue weighted by atomic mass is 10.1. The molecular formula is C14H23N3O2. The summed E-state index contributed by atoms with van der Waals surface area (Å²) in [6.45, 7) is 4.16. The van der Waals surface area contributed by atoms with Crippen LogP contribution < -0.4 is 5.32 Å². The van der Waals surface area contributed by atoms with Crippen molar-refractivity contribution in [1.29, 1.82) is 0 Å². The average Bonchev–Trinajstić information content (AvgIpc) is 3.05. The first-order valence-electron chi connectivity index (χ1n) is 6.99. The van der Waals surface area contributed by atoms with E-state index in [9.17, 15) is 4.79 Å². The average molecular weight is 265 g/mol. The molecule has 1 heterocycles. The molecule has 19 heavy (non-hydrogen) atoms. The molecule has 1 aliphatic rings. The zero-order chi connectivity index (χ0) is 13.8. The van der Waals surface area contributed by atoms with E-state index >= 15 is 0 Å². The molecule has 1 saturated carbocycles. The van der Waals surface area contributed by atoms with Crippen molar-refractivity contribution in [3.8, 4) is 0 Å². The van der Waals surface area contributed by atoms with Crippen LogP contribution in [-0.2, 0) is 9.53 Å². The van der Waals surface area contributed by atoms with Crippen molar-refractivity contribution >= 4 is 5.97 Å². The lowest BCUT2D eigenvalue weighted by Crippen LogP contribution is -2.37. The molecule has 0 aliphatic heterocycles. The highest BCUT2D eigenvalue weighted by molar-refractivity contribution is 5.77. The van der Waals surface area contributed by atoms with E-state index in [2.05, 4.69) is 24.1 Å². The summed E-state index contributed by atoms with van der Waals surface area (Å²) >= 11 is 0. The highest BCUT2D eigenvalue weighted by Gasteiger charge is 2.29. The lowest BCUT2D eigenvalue weighted by molar-refractivity contribution is -0.143. The Balaban J connectivity index is 2.20. The summed E-state index contributed by atoms with van der Waals surface area (Å²) in [5, 5.41) is 3.43. The molecule has 1 aromatic rings. The second-order valence-corrected chi connectivity index (χ2v) is 5.42. The van der Waals surface area contributed by atoms with E-state index in [4.69, 9.17) is 4.74 Å². The molecule has 0 aromatic carbocycles. The van der Waals surface area contributed by atoms with Crippen LogP contribution in [0, 0.1) is 0 Å². The molecule has 1 N–H and O–H groups in total. The highest BCUT2D eigenvalue weighted by Crippen LogP contribution is 2.24. The van der Waals surface area contributed by atoms with Gasteiger partial charge in [0.15, 0.2) is 0 Å². The highest BCUT2D eigenvalue weighted by atomic mass is 16.5. The number of ether oxygens (including phenoxy) is 1. The Morgan fingerprint density at radius 2 is 2.16 bits per heavy atom. The van der Waals surface area contributed by atoms with Crippen LogP contribution >= 0.6 is 0 Å². The quantitative estimate of drug-likeness (QED) is 0.829. The SMILES string of the molecule is COC(=O)C(NC1CCCC1)c1cncn1C(C)C. The number of imidazole rings is 1. The molecule has 5 heteroatoms. The molecule has 1 aliphatic carbocycles. The second-order valence-electron chi connectivity index (χ2n) is 5.42. The van der Waals surface area contributed by atoms with Crippen LogP contribution in [0.4, 0.5) is 0 Å². The van der Waals surface area contributed by atoms with Crippen molar-refractivity contribution in [3.05, 3.63) is 18.2 Å². The molecular weight excluding hydrogens is 242 g/mol. The minimum atomic E-state index is -0.419. The Labute approximate surface area is 114 Å². The third kappa shape index (κ3) is 3.15. The van der Waals surface area contributed by atoms with E-state index in [0.717, 1.165) is 18.5 Å². The molecule has 1 atom stereocenters. The Bertz CT molecular complexity index is 422. The minimum Gasteiger partial charge on any atom is -0.468 e. The zero-order valence-corrected chi connectivity index (χ0v) is 11.9. The topological polar surface area (TPSA) is 56.1 Å². The number of methoxy groups -OCH3 is 1. The smallest absolute Gasteiger partial charge is 0.329 e. The number of hydrogen-bond acceptors (Lipinski definition) is 4. The number of aromatic nitrogens is 2. The molecule has 2 rings (SSSR count). The lowest BCUT2D eigenvalue weighted by Gasteiger charge is -2.23. The Morgan fingerprint density at radius 1 is 1.47 bits per heavy atom. The van der Waals surface area contributed by atoms with Crippen LogP contribution in [0.3, 0.4) is 0 Å². The first-order valence-corrected chi connectivity index (χ1v) is 6.99. The van der Waals surface area contributed by atoms with Crippen LogP contribution in [0.15, 0.2) is 12.5 Å². The number of carbonyl (C=O) groups is 1. The van der Waals surface area contributed by atoms with E-state index in [1.54, 1.807) is 12.5 Å². The largest absolute Gasteiger partial charge is 0.468 e. The first kappa shape index (κ1) is 14.1. The van der Waals surface area contributed by atoms with Gasteiger partial charge in [-0.1, -0.05) is 12.8 Å². The van der Waals surface area contributed by atoms with Crippen molar-refractivity contribution in [2.24, 2.45) is 0 Å². The number of esters is 1. The van der Waals surface area contributed by atoms with Gasteiger partial charge in [0, 0.05) is 12.1 Å². The monoisotopic (exact) mass is 265 g/mol. The Hall–Kier alpha value is -1.36. The molecule has 0 bridgehead atoms. The van der Waals surface area contributed by atoms with Gasteiger partial charge in [0.25, 0.3) is 0 Å². The maximum atomic E-state index is 12.0. The van der Waals surface area contributed by atoms with Gasteiger partial charge in [-0.05, 0) is 26.7 Å². The van der Waals surface area contributed by atoms with Crippen LogP contribution in [-0.4, -0.2) is 28.7 Å². The van der Waals surface area contributed by atoms with Crippen LogP contribution in [0.2, 0.25) is 0 Å². The number of rotatable bonds is 5. The van der Waals surface area contributed by atoms with E-state index in [1.807, 2.05) is 4.57 Å². The summed E-state index contributed by atoms with van der Waals surface area (Å²) in [6, 6.07) is 0.257. The Morgan fingerprint density at radius 3 is 2.74 bits per heavy atom. The van der Waals surface area contributed by atoms with Crippen molar-refractivity contribution in [2.75, 3.05) is 7.11 Å². The van der Waals surface area contributed by atoms with Crippen LogP contribution in [0.1, 0.15) is 57.3 Å². The maximum Gasteiger partial charge on any atom is 0.329 e. The van der Waals surface area contributed by atoms with Gasteiger partial charge in [0.2, 0.25) is 0 Å². The second kappa shape index (κ2) is 6.19.